The van der Waals surface area contributed by atoms with Gasteiger partial charge in [0.1, 0.15) is 11.4 Å². The van der Waals surface area contributed by atoms with E-state index < -0.39 is 11.6 Å². The summed E-state index contributed by atoms with van der Waals surface area (Å²) >= 11 is 5.33. The predicted octanol–water partition coefficient (Wildman–Crippen LogP) is 5.08. The third-order valence-electron chi connectivity index (χ3n) is 7.36. The molecule has 2 saturated heterocycles. The number of likely N-dealkylation sites (tertiary alicyclic amines) is 1. The number of rotatable bonds is 10. The lowest BCUT2D eigenvalue weighted by Gasteiger charge is -2.27. The Labute approximate surface area is 240 Å². The standard InChI is InChI=1S/C28H32BrFN6O2S/c1-28(2)25(37)34-27(38)36(28)14-10-31-26-32-17-21(29)24(33-26)23-16-19(9-13-35-11-3-4-12-35)22(39-23)15-18-5-7-20(30)8-6-18/h5-8,16-17H,3-4,9-15H2,1-2H3,(H,31,32,33)(H,34,37,38). The SMILES string of the molecule is CC1(C)C(=O)NC(=O)N1CCNc1ncc(Br)c(-c2cc(CCN3CCCC3)c(Cc3ccc(F)cc3)s2)n1. The fraction of sp³-hybridized carbons (Fsp3) is 0.429. The van der Waals surface area contributed by atoms with E-state index in [-0.39, 0.29) is 11.7 Å². The van der Waals surface area contributed by atoms with Gasteiger partial charge in [0, 0.05) is 37.1 Å². The molecule has 1 aromatic carbocycles. The van der Waals surface area contributed by atoms with Crippen LogP contribution in [0.1, 0.15) is 42.7 Å². The Bertz CT molecular complexity index is 1360. The number of thiophene rings is 1. The normalized spacial score (nSPS) is 17.2. The Kier molecular flexibility index (Phi) is 8.29. The van der Waals surface area contributed by atoms with Crippen LogP contribution in [0, 0.1) is 5.82 Å². The summed E-state index contributed by atoms with van der Waals surface area (Å²) in [6.07, 6.45) is 5.94. The van der Waals surface area contributed by atoms with Crippen LogP contribution in [0.4, 0.5) is 15.1 Å². The molecular weight excluding hydrogens is 583 g/mol. The molecule has 2 aliphatic heterocycles. The van der Waals surface area contributed by atoms with E-state index in [4.69, 9.17) is 4.98 Å². The predicted molar refractivity (Wildman–Crippen MR) is 154 cm³/mol. The molecule has 2 N–H and O–H groups in total. The number of urea groups is 1. The smallest absolute Gasteiger partial charge is 0.325 e. The van der Waals surface area contributed by atoms with Gasteiger partial charge in [0.25, 0.3) is 5.91 Å². The zero-order valence-corrected chi connectivity index (χ0v) is 24.5. The largest absolute Gasteiger partial charge is 0.352 e. The minimum absolute atomic E-state index is 0.231. The molecule has 0 radical (unpaired) electrons. The average molecular weight is 616 g/mol. The van der Waals surface area contributed by atoms with Gasteiger partial charge in [-0.3, -0.25) is 10.1 Å². The second-order valence-electron chi connectivity index (χ2n) is 10.4. The Hall–Kier alpha value is -2.89. The molecule has 8 nitrogen and oxygen atoms in total. The van der Waals surface area contributed by atoms with Crippen LogP contribution in [0.5, 0.6) is 0 Å². The molecule has 0 bridgehead atoms. The Morgan fingerprint density at radius 2 is 1.90 bits per heavy atom. The Morgan fingerprint density at radius 1 is 1.15 bits per heavy atom. The number of carbonyl (C=O) groups is 2. The summed E-state index contributed by atoms with van der Waals surface area (Å²) in [6, 6.07) is 8.54. The number of hydrogen-bond donors (Lipinski definition) is 2. The van der Waals surface area contributed by atoms with Gasteiger partial charge in [-0.25, -0.2) is 19.2 Å². The second kappa shape index (κ2) is 11.7. The Morgan fingerprint density at radius 3 is 2.59 bits per heavy atom. The molecule has 2 fully saturated rings. The zero-order chi connectivity index (χ0) is 27.6. The molecule has 0 aliphatic carbocycles. The van der Waals surface area contributed by atoms with Crippen molar-refractivity contribution in [3.05, 3.63) is 62.8 Å². The highest BCUT2D eigenvalue weighted by atomic mass is 79.9. The molecule has 3 amide bonds. The van der Waals surface area contributed by atoms with Gasteiger partial charge in [-0.2, -0.15) is 0 Å². The van der Waals surface area contributed by atoms with Crippen molar-refractivity contribution in [2.24, 2.45) is 0 Å². The minimum Gasteiger partial charge on any atom is -0.352 e. The highest BCUT2D eigenvalue weighted by Gasteiger charge is 2.45. The minimum atomic E-state index is -0.895. The quantitative estimate of drug-likeness (QED) is 0.310. The third-order valence-corrected chi connectivity index (χ3v) is 9.13. The van der Waals surface area contributed by atoms with Crippen LogP contribution in [0.3, 0.4) is 0 Å². The van der Waals surface area contributed by atoms with Gasteiger partial charge in [0.2, 0.25) is 5.95 Å². The first kappa shape index (κ1) is 27.7. The Balaban J connectivity index is 1.34. The van der Waals surface area contributed by atoms with Crippen molar-refractivity contribution in [1.29, 1.82) is 0 Å². The van der Waals surface area contributed by atoms with E-state index in [1.807, 2.05) is 12.1 Å². The van der Waals surface area contributed by atoms with Crippen molar-refractivity contribution in [2.75, 3.05) is 38.0 Å². The molecule has 0 spiro atoms. The molecule has 3 aromatic rings. The molecule has 2 aliphatic rings. The van der Waals surface area contributed by atoms with E-state index in [1.165, 1.54) is 40.3 Å². The van der Waals surface area contributed by atoms with Crippen LogP contribution in [-0.4, -0.2) is 70.0 Å². The molecule has 2 aromatic heterocycles. The summed E-state index contributed by atoms with van der Waals surface area (Å²) < 4.78 is 14.3. The van der Waals surface area contributed by atoms with Crippen LogP contribution in [-0.2, 0) is 17.6 Å². The summed E-state index contributed by atoms with van der Waals surface area (Å²) in [7, 11) is 0. The first-order chi connectivity index (χ1) is 18.7. The highest BCUT2D eigenvalue weighted by Crippen LogP contribution is 2.36. The molecule has 39 heavy (non-hydrogen) atoms. The van der Waals surface area contributed by atoms with Crippen molar-refractivity contribution >= 4 is 45.2 Å². The van der Waals surface area contributed by atoms with Crippen molar-refractivity contribution in [3.8, 4) is 10.6 Å². The number of hydrogen-bond acceptors (Lipinski definition) is 7. The van der Waals surface area contributed by atoms with E-state index in [0.717, 1.165) is 53.1 Å². The van der Waals surface area contributed by atoms with Crippen LogP contribution in [0.15, 0.2) is 41.0 Å². The number of carbonyl (C=O) groups excluding carboxylic acids is 2. The molecule has 0 unspecified atom stereocenters. The van der Waals surface area contributed by atoms with E-state index in [9.17, 15) is 14.0 Å². The first-order valence-corrected chi connectivity index (χ1v) is 14.8. The number of halogens is 2. The van der Waals surface area contributed by atoms with Gasteiger partial charge in [0.15, 0.2) is 0 Å². The molecule has 11 heteroatoms. The number of anilines is 1. The molecule has 0 saturated carbocycles. The maximum atomic E-state index is 13.5. The maximum Gasteiger partial charge on any atom is 0.325 e. The molecule has 5 rings (SSSR count). The molecular formula is C28H32BrFN6O2S. The van der Waals surface area contributed by atoms with E-state index in [2.05, 4.69) is 42.5 Å². The summed E-state index contributed by atoms with van der Waals surface area (Å²) in [6.45, 7) is 7.51. The second-order valence-corrected chi connectivity index (χ2v) is 12.4. The molecule has 0 atom stereocenters. The van der Waals surface area contributed by atoms with Gasteiger partial charge in [-0.15, -0.1) is 11.3 Å². The lowest BCUT2D eigenvalue weighted by molar-refractivity contribution is -0.125. The summed E-state index contributed by atoms with van der Waals surface area (Å²) in [5.41, 5.74) is 2.26. The summed E-state index contributed by atoms with van der Waals surface area (Å²) in [5.74, 6) is -0.0845. The monoisotopic (exact) mass is 614 g/mol. The highest BCUT2D eigenvalue weighted by molar-refractivity contribution is 9.10. The van der Waals surface area contributed by atoms with Crippen LogP contribution in [0.25, 0.3) is 10.6 Å². The molecule has 4 heterocycles. The van der Waals surface area contributed by atoms with E-state index >= 15 is 0 Å². The van der Waals surface area contributed by atoms with Crippen molar-refractivity contribution < 1.29 is 14.0 Å². The number of benzene rings is 1. The third kappa shape index (κ3) is 6.31. The number of amides is 3. The van der Waals surface area contributed by atoms with Gasteiger partial charge in [0.05, 0.1) is 15.0 Å². The fourth-order valence-corrected chi connectivity index (χ4v) is 6.78. The number of aromatic nitrogens is 2. The van der Waals surface area contributed by atoms with Gasteiger partial charge < -0.3 is 15.1 Å². The maximum absolute atomic E-state index is 13.5. The van der Waals surface area contributed by atoms with Gasteiger partial charge in [-0.05, 0) is 91.5 Å². The van der Waals surface area contributed by atoms with Crippen molar-refractivity contribution in [2.45, 2.75) is 45.1 Å². The average Bonchev–Trinajstić information content (AvgIpc) is 3.61. The lowest BCUT2D eigenvalue weighted by Crippen LogP contribution is -2.46. The number of imide groups is 1. The van der Waals surface area contributed by atoms with Crippen molar-refractivity contribution in [1.82, 2.24) is 25.1 Å². The first-order valence-electron chi connectivity index (χ1n) is 13.2. The topological polar surface area (TPSA) is 90.5 Å². The van der Waals surface area contributed by atoms with Crippen LogP contribution in [0.2, 0.25) is 0 Å². The fourth-order valence-electron chi connectivity index (χ4n) is 5.00. The van der Waals surface area contributed by atoms with E-state index in [1.54, 1.807) is 31.4 Å². The van der Waals surface area contributed by atoms with Gasteiger partial charge in [-0.1, -0.05) is 12.1 Å². The van der Waals surface area contributed by atoms with Gasteiger partial charge >= 0.3 is 6.03 Å². The van der Waals surface area contributed by atoms with E-state index in [0.29, 0.717) is 19.0 Å². The number of nitrogens with zero attached hydrogens (tertiary/aromatic N) is 4. The summed E-state index contributed by atoms with van der Waals surface area (Å²) in [5, 5.41) is 5.56. The zero-order valence-electron chi connectivity index (χ0n) is 22.1. The molecule has 206 valence electrons. The van der Waals surface area contributed by atoms with Crippen LogP contribution < -0.4 is 10.6 Å². The summed E-state index contributed by atoms with van der Waals surface area (Å²) in [4.78, 5) is 39.7. The van der Waals surface area contributed by atoms with Crippen LogP contribution >= 0.6 is 27.3 Å². The number of nitrogens with one attached hydrogen (secondary N) is 2. The van der Waals surface area contributed by atoms with Crippen molar-refractivity contribution in [3.63, 3.8) is 0 Å². The lowest BCUT2D eigenvalue weighted by atomic mass is 10.0.